The standard InChI is InChI=1S/C14H17N3O3S/c1-8(15)13(18)17-14-16-10(7-21-14)9-4-5-11(19-2)12(6-9)20-3/h4-8H,15H2,1-3H3,(H,16,17,18)/t8-/m0/s1. The first-order chi connectivity index (χ1) is 10.0. The number of hydrogen-bond donors (Lipinski definition) is 2. The van der Waals surface area contributed by atoms with Crippen LogP contribution in [0.1, 0.15) is 6.92 Å². The van der Waals surface area contributed by atoms with E-state index in [4.69, 9.17) is 15.2 Å². The third-order valence-corrected chi connectivity index (χ3v) is 3.58. The highest BCUT2D eigenvalue weighted by Gasteiger charge is 2.12. The summed E-state index contributed by atoms with van der Waals surface area (Å²) in [4.78, 5) is 15.9. The van der Waals surface area contributed by atoms with E-state index in [2.05, 4.69) is 10.3 Å². The van der Waals surface area contributed by atoms with E-state index in [0.29, 0.717) is 16.6 Å². The van der Waals surface area contributed by atoms with Crippen LogP contribution in [0.3, 0.4) is 0 Å². The van der Waals surface area contributed by atoms with Gasteiger partial charge in [0.2, 0.25) is 5.91 Å². The van der Waals surface area contributed by atoms with Gasteiger partial charge in [-0.1, -0.05) is 0 Å². The van der Waals surface area contributed by atoms with Gasteiger partial charge in [0.1, 0.15) is 0 Å². The molecule has 0 aliphatic heterocycles. The van der Waals surface area contributed by atoms with Crippen molar-refractivity contribution < 1.29 is 14.3 Å². The predicted octanol–water partition coefficient (Wildman–Crippen LogP) is 2.11. The van der Waals surface area contributed by atoms with Gasteiger partial charge in [-0.25, -0.2) is 4.98 Å². The third kappa shape index (κ3) is 3.50. The zero-order chi connectivity index (χ0) is 15.4. The van der Waals surface area contributed by atoms with Gasteiger partial charge >= 0.3 is 0 Å². The van der Waals surface area contributed by atoms with Crippen LogP contribution >= 0.6 is 11.3 Å². The molecule has 0 aliphatic carbocycles. The third-order valence-electron chi connectivity index (χ3n) is 2.83. The second kappa shape index (κ2) is 6.55. The number of amides is 1. The second-order valence-electron chi connectivity index (χ2n) is 4.39. The molecule has 1 heterocycles. The fraction of sp³-hybridized carbons (Fsp3) is 0.286. The zero-order valence-electron chi connectivity index (χ0n) is 12.0. The minimum atomic E-state index is -0.571. The average Bonchev–Trinajstić information content (AvgIpc) is 2.94. The first-order valence-electron chi connectivity index (χ1n) is 6.29. The lowest BCUT2D eigenvalue weighted by Gasteiger charge is -2.08. The molecule has 0 saturated heterocycles. The van der Waals surface area contributed by atoms with E-state index in [9.17, 15) is 4.79 Å². The SMILES string of the molecule is COc1ccc(-c2csc(NC(=O)[C@H](C)N)n2)cc1OC. The number of nitrogens with one attached hydrogen (secondary N) is 1. The minimum absolute atomic E-state index is 0.261. The van der Waals surface area contributed by atoms with Crippen LogP contribution in [0.25, 0.3) is 11.3 Å². The van der Waals surface area contributed by atoms with Crippen molar-refractivity contribution in [1.29, 1.82) is 0 Å². The Bertz CT molecular complexity index is 640. The number of nitrogens with zero attached hydrogens (tertiary/aromatic N) is 1. The Labute approximate surface area is 126 Å². The van der Waals surface area contributed by atoms with E-state index in [1.54, 1.807) is 21.1 Å². The van der Waals surface area contributed by atoms with E-state index in [1.165, 1.54) is 11.3 Å². The maximum Gasteiger partial charge on any atom is 0.242 e. The number of aromatic nitrogens is 1. The highest BCUT2D eigenvalue weighted by Crippen LogP contribution is 2.33. The number of thiazole rings is 1. The fourth-order valence-corrected chi connectivity index (χ4v) is 2.40. The molecule has 0 unspecified atom stereocenters. The van der Waals surface area contributed by atoms with Gasteiger partial charge in [-0.05, 0) is 25.1 Å². The summed E-state index contributed by atoms with van der Waals surface area (Å²) in [5, 5.41) is 5.05. The number of rotatable bonds is 5. The summed E-state index contributed by atoms with van der Waals surface area (Å²) in [6.45, 7) is 1.62. The molecular weight excluding hydrogens is 290 g/mol. The van der Waals surface area contributed by atoms with Crippen LogP contribution in [-0.4, -0.2) is 31.2 Å². The summed E-state index contributed by atoms with van der Waals surface area (Å²) in [6, 6.07) is 4.96. The lowest BCUT2D eigenvalue weighted by atomic mass is 10.1. The Morgan fingerprint density at radius 3 is 2.67 bits per heavy atom. The number of ether oxygens (including phenoxy) is 2. The van der Waals surface area contributed by atoms with Gasteiger partial charge in [0, 0.05) is 10.9 Å². The van der Waals surface area contributed by atoms with Crippen molar-refractivity contribution in [3.63, 3.8) is 0 Å². The van der Waals surface area contributed by atoms with Crippen LogP contribution in [0.2, 0.25) is 0 Å². The Balaban J connectivity index is 2.23. The maximum absolute atomic E-state index is 11.5. The number of anilines is 1. The fourth-order valence-electron chi connectivity index (χ4n) is 1.68. The van der Waals surface area contributed by atoms with Gasteiger partial charge in [0.05, 0.1) is 26.0 Å². The van der Waals surface area contributed by atoms with Gasteiger partial charge in [0.15, 0.2) is 16.6 Å². The molecular formula is C14H17N3O3S. The molecule has 1 aromatic carbocycles. The monoisotopic (exact) mass is 307 g/mol. The normalized spacial score (nSPS) is 11.8. The van der Waals surface area contributed by atoms with Crippen LogP contribution in [0.4, 0.5) is 5.13 Å². The quantitative estimate of drug-likeness (QED) is 0.883. The molecule has 21 heavy (non-hydrogen) atoms. The molecule has 0 spiro atoms. The second-order valence-corrected chi connectivity index (χ2v) is 5.24. The first kappa shape index (κ1) is 15.3. The Morgan fingerprint density at radius 1 is 1.33 bits per heavy atom. The molecule has 0 radical (unpaired) electrons. The van der Waals surface area contributed by atoms with E-state index in [-0.39, 0.29) is 5.91 Å². The summed E-state index contributed by atoms with van der Waals surface area (Å²) in [5.74, 6) is 1.02. The van der Waals surface area contributed by atoms with Crippen LogP contribution in [0, 0.1) is 0 Å². The van der Waals surface area contributed by atoms with E-state index < -0.39 is 6.04 Å². The summed E-state index contributed by atoms with van der Waals surface area (Å²) >= 11 is 1.34. The lowest BCUT2D eigenvalue weighted by Crippen LogP contribution is -2.32. The van der Waals surface area contributed by atoms with Crippen LogP contribution < -0.4 is 20.5 Å². The topological polar surface area (TPSA) is 86.5 Å². The largest absolute Gasteiger partial charge is 0.493 e. The minimum Gasteiger partial charge on any atom is -0.493 e. The molecule has 1 amide bonds. The summed E-state index contributed by atoms with van der Waals surface area (Å²) in [6.07, 6.45) is 0. The van der Waals surface area contributed by atoms with Crippen molar-refractivity contribution >= 4 is 22.4 Å². The Morgan fingerprint density at radius 2 is 2.05 bits per heavy atom. The zero-order valence-corrected chi connectivity index (χ0v) is 12.9. The van der Waals surface area contributed by atoms with Crippen LogP contribution in [0.15, 0.2) is 23.6 Å². The van der Waals surface area contributed by atoms with E-state index in [0.717, 1.165) is 11.3 Å². The molecule has 112 valence electrons. The van der Waals surface area contributed by atoms with Crippen molar-refractivity contribution in [2.45, 2.75) is 13.0 Å². The van der Waals surface area contributed by atoms with Crippen molar-refractivity contribution in [1.82, 2.24) is 4.98 Å². The molecule has 0 bridgehead atoms. The van der Waals surface area contributed by atoms with Crippen molar-refractivity contribution in [2.75, 3.05) is 19.5 Å². The molecule has 3 N–H and O–H groups in total. The van der Waals surface area contributed by atoms with Gasteiger partial charge in [0.25, 0.3) is 0 Å². The molecule has 0 saturated carbocycles. The first-order valence-corrected chi connectivity index (χ1v) is 7.17. The summed E-state index contributed by atoms with van der Waals surface area (Å²) in [5.41, 5.74) is 7.14. The number of benzene rings is 1. The number of carbonyl (C=O) groups is 1. The Hall–Kier alpha value is -2.12. The van der Waals surface area contributed by atoms with Crippen molar-refractivity contribution in [3.8, 4) is 22.8 Å². The molecule has 6 nitrogen and oxygen atoms in total. The number of carbonyl (C=O) groups excluding carboxylic acids is 1. The highest BCUT2D eigenvalue weighted by atomic mass is 32.1. The molecule has 0 aliphatic rings. The maximum atomic E-state index is 11.5. The number of methoxy groups -OCH3 is 2. The molecule has 1 atom stereocenters. The summed E-state index contributed by atoms with van der Waals surface area (Å²) in [7, 11) is 3.17. The Kier molecular flexibility index (Phi) is 4.77. The van der Waals surface area contributed by atoms with Crippen molar-refractivity contribution in [2.24, 2.45) is 5.73 Å². The van der Waals surface area contributed by atoms with Crippen molar-refractivity contribution in [3.05, 3.63) is 23.6 Å². The van der Waals surface area contributed by atoms with Gasteiger partial charge < -0.3 is 20.5 Å². The number of hydrogen-bond acceptors (Lipinski definition) is 6. The van der Waals surface area contributed by atoms with Gasteiger partial charge in [-0.3, -0.25) is 4.79 Å². The number of nitrogens with two attached hydrogens (primary N) is 1. The van der Waals surface area contributed by atoms with Crippen LogP contribution in [0.5, 0.6) is 11.5 Å². The van der Waals surface area contributed by atoms with Gasteiger partial charge in [-0.2, -0.15) is 0 Å². The molecule has 1 aromatic heterocycles. The van der Waals surface area contributed by atoms with E-state index in [1.807, 2.05) is 23.6 Å². The molecule has 2 rings (SSSR count). The molecule has 0 fully saturated rings. The molecule has 7 heteroatoms. The van der Waals surface area contributed by atoms with Gasteiger partial charge in [-0.15, -0.1) is 11.3 Å². The smallest absolute Gasteiger partial charge is 0.242 e. The highest BCUT2D eigenvalue weighted by molar-refractivity contribution is 7.14. The average molecular weight is 307 g/mol. The van der Waals surface area contributed by atoms with Crippen LogP contribution in [-0.2, 0) is 4.79 Å². The molecule has 2 aromatic rings. The predicted molar refractivity (Wildman–Crippen MR) is 82.9 cm³/mol. The lowest BCUT2D eigenvalue weighted by molar-refractivity contribution is -0.117. The summed E-state index contributed by atoms with van der Waals surface area (Å²) < 4.78 is 10.5. The van der Waals surface area contributed by atoms with E-state index >= 15 is 0 Å².